The second-order valence-corrected chi connectivity index (χ2v) is 2.01. The monoisotopic (exact) mass is 127 g/mol. The maximum atomic E-state index is 5.11. The van der Waals surface area contributed by atoms with Crippen molar-refractivity contribution in [2.45, 2.75) is 19.9 Å². The third-order valence-electron chi connectivity index (χ3n) is 0.406. The summed E-state index contributed by atoms with van der Waals surface area (Å²) in [5.41, 5.74) is 5.11. The van der Waals surface area contributed by atoms with Gasteiger partial charge in [-0.15, -0.1) is 0 Å². The zero-order valence-electron chi connectivity index (χ0n) is 5.83. The Morgan fingerprint density at radius 1 is 1.56 bits per heavy atom. The van der Waals surface area contributed by atoms with Crippen LogP contribution in [0.3, 0.4) is 0 Å². The van der Waals surface area contributed by atoms with Crippen molar-refractivity contribution in [2.75, 3.05) is 0 Å². The molecule has 0 saturated heterocycles. The number of hydrogen-bond acceptors (Lipinski definition) is 2. The molecule has 3 heteroatoms. The third kappa shape index (κ3) is 11.0. The Kier molecular flexibility index (Phi) is 4.82. The molecule has 3 nitrogen and oxygen atoms in total. The molecule has 0 radical (unpaired) electrons. The predicted octanol–water partition coefficient (Wildman–Crippen LogP) is 0.763. The average Bonchev–Trinajstić information content (AvgIpc) is 2.11. The smallest absolute Gasteiger partial charge is 0.0487 e. The van der Waals surface area contributed by atoms with E-state index in [0.717, 1.165) is 0 Å². The summed E-state index contributed by atoms with van der Waals surface area (Å²) in [4.78, 5) is 0. The summed E-state index contributed by atoms with van der Waals surface area (Å²) in [6.07, 6.45) is 3.46. The van der Waals surface area contributed by atoms with Crippen molar-refractivity contribution in [1.29, 1.82) is 0 Å². The van der Waals surface area contributed by atoms with Gasteiger partial charge in [0.15, 0.2) is 0 Å². The molecule has 52 valence electrons. The van der Waals surface area contributed by atoms with E-state index in [4.69, 9.17) is 5.73 Å². The minimum atomic E-state index is 0.333. The van der Waals surface area contributed by atoms with Gasteiger partial charge in [-0.05, 0) is 12.1 Å². The van der Waals surface area contributed by atoms with Crippen LogP contribution in [0.4, 0.5) is 0 Å². The van der Waals surface area contributed by atoms with Gasteiger partial charge in [0.2, 0.25) is 0 Å². The van der Waals surface area contributed by atoms with Gasteiger partial charge in [0.1, 0.15) is 0 Å². The quantitative estimate of drug-likeness (QED) is 0.540. The van der Waals surface area contributed by atoms with Gasteiger partial charge in [0.25, 0.3) is 0 Å². The largest absolute Gasteiger partial charge is 0.328 e. The molecule has 0 bridgehead atoms. The lowest BCUT2D eigenvalue weighted by molar-refractivity contribution is 0.834. The molecule has 1 aromatic heterocycles. The van der Waals surface area contributed by atoms with Crippen molar-refractivity contribution in [3.8, 4) is 0 Å². The van der Waals surface area contributed by atoms with Crippen molar-refractivity contribution in [1.82, 2.24) is 10.2 Å². The van der Waals surface area contributed by atoms with Crippen LogP contribution < -0.4 is 5.73 Å². The van der Waals surface area contributed by atoms with Crippen molar-refractivity contribution >= 4 is 0 Å². The molecule has 3 N–H and O–H groups in total. The molecule has 0 aliphatic carbocycles. The first-order valence-electron chi connectivity index (χ1n) is 2.93. The molecular weight excluding hydrogens is 114 g/mol. The molecule has 0 aromatic carbocycles. The van der Waals surface area contributed by atoms with Crippen LogP contribution in [0, 0.1) is 0 Å². The van der Waals surface area contributed by atoms with Crippen LogP contribution in [-0.2, 0) is 0 Å². The van der Waals surface area contributed by atoms with Crippen molar-refractivity contribution in [3.05, 3.63) is 18.5 Å². The van der Waals surface area contributed by atoms with Crippen LogP contribution in [0.2, 0.25) is 0 Å². The number of nitrogens with one attached hydrogen (secondary N) is 1. The number of aromatic nitrogens is 2. The summed E-state index contributed by atoms with van der Waals surface area (Å²) in [5.74, 6) is 0. The fraction of sp³-hybridized carbons (Fsp3) is 0.500. The van der Waals surface area contributed by atoms with E-state index in [1.165, 1.54) is 0 Å². The number of H-pyrrole nitrogens is 1. The lowest BCUT2D eigenvalue weighted by Gasteiger charge is -1.81. The van der Waals surface area contributed by atoms with E-state index in [9.17, 15) is 0 Å². The molecule has 9 heavy (non-hydrogen) atoms. The summed E-state index contributed by atoms with van der Waals surface area (Å²) in [7, 11) is 0. The van der Waals surface area contributed by atoms with E-state index >= 15 is 0 Å². The summed E-state index contributed by atoms with van der Waals surface area (Å²) in [5, 5.41) is 6.21. The van der Waals surface area contributed by atoms with Crippen LogP contribution in [0.5, 0.6) is 0 Å². The molecule has 0 aliphatic rings. The molecule has 1 aromatic rings. The molecule has 0 fully saturated rings. The summed E-state index contributed by atoms with van der Waals surface area (Å²) in [6, 6.07) is 2.17. The van der Waals surface area contributed by atoms with Crippen LogP contribution in [0.1, 0.15) is 13.8 Å². The van der Waals surface area contributed by atoms with Gasteiger partial charge in [-0.3, -0.25) is 5.10 Å². The predicted molar refractivity (Wildman–Crippen MR) is 37.9 cm³/mol. The normalized spacial score (nSPS) is 8.44. The summed E-state index contributed by atoms with van der Waals surface area (Å²) >= 11 is 0. The number of nitrogens with two attached hydrogens (primary N) is 1. The first-order valence-corrected chi connectivity index (χ1v) is 2.93. The third-order valence-corrected chi connectivity index (χ3v) is 0.406. The highest BCUT2D eigenvalue weighted by Crippen LogP contribution is 1.64. The Balaban J connectivity index is 0.000000148. The zero-order chi connectivity index (χ0) is 7.11. The highest BCUT2D eigenvalue weighted by Gasteiger charge is 1.67. The highest BCUT2D eigenvalue weighted by atomic mass is 15.1. The lowest BCUT2D eigenvalue weighted by Crippen LogP contribution is -2.06. The number of hydrogen-bond donors (Lipinski definition) is 2. The lowest BCUT2D eigenvalue weighted by atomic mass is 10.5. The summed E-state index contributed by atoms with van der Waals surface area (Å²) in [6.45, 7) is 3.89. The van der Waals surface area contributed by atoms with Crippen LogP contribution in [0.25, 0.3) is 0 Å². The second-order valence-electron chi connectivity index (χ2n) is 2.01. The van der Waals surface area contributed by atoms with Crippen LogP contribution >= 0.6 is 0 Å². The van der Waals surface area contributed by atoms with E-state index in [1.54, 1.807) is 12.4 Å². The van der Waals surface area contributed by atoms with Crippen LogP contribution in [-0.4, -0.2) is 16.2 Å². The Morgan fingerprint density at radius 3 is 2.22 bits per heavy atom. The Bertz CT molecular complexity index is 91.9. The van der Waals surface area contributed by atoms with Crippen molar-refractivity contribution in [3.63, 3.8) is 0 Å². The molecule has 0 amide bonds. The van der Waals surface area contributed by atoms with Crippen molar-refractivity contribution < 1.29 is 0 Å². The van der Waals surface area contributed by atoms with E-state index in [0.29, 0.717) is 6.04 Å². The maximum absolute atomic E-state index is 5.11. The second kappa shape index (κ2) is 5.31. The number of nitrogens with zero attached hydrogens (tertiary/aromatic N) is 1. The Hall–Kier alpha value is -0.830. The topological polar surface area (TPSA) is 54.7 Å². The first-order chi connectivity index (χ1) is 4.23. The van der Waals surface area contributed by atoms with E-state index in [1.807, 2.05) is 19.9 Å². The van der Waals surface area contributed by atoms with Gasteiger partial charge >= 0.3 is 0 Å². The number of aromatic amines is 1. The SMILES string of the molecule is CC(C)N.c1cn[nH]c1. The van der Waals surface area contributed by atoms with Crippen LogP contribution in [0.15, 0.2) is 18.5 Å². The minimum absolute atomic E-state index is 0.333. The minimum Gasteiger partial charge on any atom is -0.328 e. The molecule has 0 aliphatic heterocycles. The highest BCUT2D eigenvalue weighted by molar-refractivity contribution is 4.72. The average molecular weight is 127 g/mol. The molecule has 1 rings (SSSR count). The first kappa shape index (κ1) is 8.17. The van der Waals surface area contributed by atoms with E-state index < -0.39 is 0 Å². The standard InChI is InChI=1S/C3H4N2.C3H9N/c1-2-4-5-3-1;1-3(2)4/h1-3H,(H,4,5);3H,4H2,1-2H3. The molecular formula is C6H13N3. The Morgan fingerprint density at radius 2 is 2.11 bits per heavy atom. The van der Waals surface area contributed by atoms with Gasteiger partial charge in [0, 0.05) is 12.4 Å². The molecule has 0 unspecified atom stereocenters. The molecule has 1 heterocycles. The van der Waals surface area contributed by atoms with Gasteiger partial charge < -0.3 is 5.73 Å². The fourth-order valence-corrected chi connectivity index (χ4v) is 0.215. The van der Waals surface area contributed by atoms with Gasteiger partial charge in [-0.25, -0.2) is 0 Å². The van der Waals surface area contributed by atoms with E-state index in [2.05, 4.69) is 10.2 Å². The van der Waals surface area contributed by atoms with E-state index in [-0.39, 0.29) is 0 Å². The summed E-state index contributed by atoms with van der Waals surface area (Å²) < 4.78 is 0. The van der Waals surface area contributed by atoms with Gasteiger partial charge in [0.05, 0.1) is 0 Å². The molecule has 0 saturated carbocycles. The molecule has 0 atom stereocenters. The fourth-order valence-electron chi connectivity index (χ4n) is 0.215. The van der Waals surface area contributed by atoms with Gasteiger partial charge in [-0.1, -0.05) is 13.8 Å². The Labute approximate surface area is 55.3 Å². The maximum Gasteiger partial charge on any atom is 0.0487 e. The zero-order valence-corrected chi connectivity index (χ0v) is 5.83. The van der Waals surface area contributed by atoms with Gasteiger partial charge in [-0.2, -0.15) is 5.10 Å². The van der Waals surface area contributed by atoms with Crippen molar-refractivity contribution in [2.24, 2.45) is 5.73 Å². The molecule has 0 spiro atoms. The number of rotatable bonds is 0.